The van der Waals surface area contributed by atoms with Crippen molar-refractivity contribution in [2.24, 2.45) is 0 Å². The van der Waals surface area contributed by atoms with Crippen LogP contribution in [0.1, 0.15) is 78.5 Å². The van der Waals surface area contributed by atoms with Crippen molar-refractivity contribution in [2.45, 2.75) is 97.1 Å². The monoisotopic (exact) mass is 629 g/mol. The summed E-state index contributed by atoms with van der Waals surface area (Å²) in [5.74, 6) is -1.87. The number of unbranched alkanes of at least 4 members (excludes halogenated alkanes) is 1. The topological polar surface area (TPSA) is 134 Å². The van der Waals surface area contributed by atoms with Crippen LogP contribution in [0.15, 0.2) is 54.6 Å². The highest BCUT2D eigenvalue weighted by atomic mass is 32.1. The number of nitrogens with zero attached hydrogens (tertiary/aromatic N) is 1. The molecule has 2 aromatic rings. The van der Waals surface area contributed by atoms with Gasteiger partial charge in [-0.3, -0.25) is 9.59 Å². The van der Waals surface area contributed by atoms with Crippen molar-refractivity contribution < 1.29 is 33.8 Å². The standard InChI is InChI=1S/C33H47N3O7S/c1-8-9-19-36(29(39)26(21-44)35-31(41)43-33(5,6)7)27(23-15-17-24(37)18-16-23)28(38)34-25(30(40)42-32(2,3)4)20-22-13-11-10-12-14-22/h10-18,25-27,37,44H,8-9,19-21H2,1-7H3,(H,34,38)(H,35,41). The molecule has 2 rings (SSSR count). The van der Waals surface area contributed by atoms with E-state index in [1.165, 1.54) is 17.0 Å². The molecule has 0 saturated heterocycles. The van der Waals surface area contributed by atoms with Crippen molar-refractivity contribution >= 4 is 36.5 Å². The molecule has 11 heteroatoms. The van der Waals surface area contributed by atoms with E-state index in [1.54, 1.807) is 53.7 Å². The first-order chi connectivity index (χ1) is 20.5. The van der Waals surface area contributed by atoms with Gasteiger partial charge in [0.15, 0.2) is 0 Å². The fourth-order valence-corrected chi connectivity index (χ4v) is 4.57. The maximum atomic E-state index is 14.2. The van der Waals surface area contributed by atoms with Crippen LogP contribution in [0.5, 0.6) is 5.75 Å². The molecule has 0 fully saturated rings. The van der Waals surface area contributed by atoms with E-state index in [0.717, 1.165) is 5.56 Å². The number of alkyl carbamates (subject to hydrolysis) is 1. The van der Waals surface area contributed by atoms with E-state index >= 15 is 0 Å². The average Bonchev–Trinajstić information content (AvgIpc) is 2.92. The van der Waals surface area contributed by atoms with Crippen LogP contribution >= 0.6 is 12.6 Å². The second kappa shape index (κ2) is 16.4. The molecule has 0 bridgehead atoms. The number of hydrogen-bond acceptors (Lipinski definition) is 8. The van der Waals surface area contributed by atoms with Crippen molar-refractivity contribution in [1.29, 1.82) is 0 Å². The third-order valence-corrected chi connectivity index (χ3v) is 6.63. The van der Waals surface area contributed by atoms with Crippen LogP contribution < -0.4 is 10.6 Å². The van der Waals surface area contributed by atoms with Gasteiger partial charge >= 0.3 is 12.1 Å². The summed E-state index contributed by atoms with van der Waals surface area (Å²) in [7, 11) is 0. The lowest BCUT2D eigenvalue weighted by atomic mass is 10.0. The average molecular weight is 630 g/mol. The molecular weight excluding hydrogens is 582 g/mol. The van der Waals surface area contributed by atoms with Gasteiger partial charge in [0, 0.05) is 18.7 Å². The van der Waals surface area contributed by atoms with E-state index in [1.807, 2.05) is 37.3 Å². The number of hydrogen-bond donors (Lipinski definition) is 4. The number of thiol groups is 1. The summed E-state index contributed by atoms with van der Waals surface area (Å²) in [6.07, 6.45) is 0.636. The normalized spacial score (nSPS) is 13.6. The van der Waals surface area contributed by atoms with E-state index in [9.17, 15) is 24.3 Å². The first-order valence-electron chi connectivity index (χ1n) is 14.8. The van der Waals surface area contributed by atoms with E-state index in [-0.39, 0.29) is 24.5 Å². The van der Waals surface area contributed by atoms with E-state index < -0.39 is 53.2 Å². The van der Waals surface area contributed by atoms with Gasteiger partial charge < -0.3 is 30.1 Å². The Morgan fingerprint density at radius 1 is 0.864 bits per heavy atom. The first-order valence-corrected chi connectivity index (χ1v) is 15.4. The number of carbonyl (C=O) groups is 4. The number of ether oxygens (including phenoxy) is 2. The Morgan fingerprint density at radius 2 is 1.45 bits per heavy atom. The summed E-state index contributed by atoms with van der Waals surface area (Å²) in [6.45, 7) is 12.5. The molecule has 0 heterocycles. The molecule has 3 N–H and O–H groups in total. The zero-order valence-corrected chi connectivity index (χ0v) is 27.6. The third-order valence-electron chi connectivity index (χ3n) is 6.27. The lowest BCUT2D eigenvalue weighted by Crippen LogP contribution is -2.55. The number of aromatic hydroxyl groups is 1. The molecule has 44 heavy (non-hydrogen) atoms. The zero-order valence-electron chi connectivity index (χ0n) is 26.8. The van der Waals surface area contributed by atoms with Crippen LogP contribution in [0, 0.1) is 0 Å². The van der Waals surface area contributed by atoms with Crippen LogP contribution in [0.3, 0.4) is 0 Å². The SMILES string of the molecule is CCCCN(C(=O)C(CS)NC(=O)OC(C)(C)C)C(C(=O)NC(Cc1ccccc1)C(=O)OC(C)(C)C)c1ccc(O)cc1. The third kappa shape index (κ3) is 12.1. The number of rotatable bonds is 13. The molecule has 10 nitrogen and oxygen atoms in total. The molecule has 0 aliphatic rings. The number of carbonyl (C=O) groups excluding carboxylic acids is 4. The van der Waals surface area contributed by atoms with Gasteiger partial charge in [0.05, 0.1) is 0 Å². The van der Waals surface area contributed by atoms with Crippen LogP contribution in [0.25, 0.3) is 0 Å². The van der Waals surface area contributed by atoms with Gasteiger partial charge in [-0.15, -0.1) is 0 Å². The van der Waals surface area contributed by atoms with Crippen LogP contribution in [-0.2, 0) is 30.3 Å². The Morgan fingerprint density at radius 3 is 1.98 bits per heavy atom. The molecular formula is C33H47N3O7S. The Labute approximate surface area is 266 Å². The van der Waals surface area contributed by atoms with Gasteiger partial charge in [0.2, 0.25) is 11.8 Å². The minimum atomic E-state index is -1.21. The van der Waals surface area contributed by atoms with Gasteiger partial charge in [0.1, 0.15) is 35.1 Å². The predicted molar refractivity (Wildman–Crippen MR) is 172 cm³/mol. The Balaban J connectivity index is 2.54. The molecule has 0 aromatic heterocycles. The van der Waals surface area contributed by atoms with Gasteiger partial charge in [-0.2, -0.15) is 12.6 Å². The van der Waals surface area contributed by atoms with Crippen molar-refractivity contribution in [3.8, 4) is 5.75 Å². The molecule has 3 amide bonds. The summed E-state index contributed by atoms with van der Waals surface area (Å²) in [4.78, 5) is 55.6. The molecule has 3 unspecified atom stereocenters. The first kappa shape index (κ1) is 36.5. The highest BCUT2D eigenvalue weighted by Crippen LogP contribution is 2.26. The zero-order chi connectivity index (χ0) is 33.1. The predicted octanol–water partition coefficient (Wildman–Crippen LogP) is 4.95. The van der Waals surface area contributed by atoms with Gasteiger partial charge in [-0.05, 0) is 71.2 Å². The second-order valence-electron chi connectivity index (χ2n) is 12.5. The summed E-state index contributed by atoms with van der Waals surface area (Å²) in [5, 5.41) is 15.4. The van der Waals surface area contributed by atoms with Crippen LogP contribution in [0.4, 0.5) is 4.79 Å². The Kier molecular flexibility index (Phi) is 13.6. The summed E-state index contributed by atoms with van der Waals surface area (Å²) in [6, 6.07) is 11.8. The number of phenols is 1. The van der Waals surface area contributed by atoms with E-state index in [0.29, 0.717) is 18.4 Å². The van der Waals surface area contributed by atoms with Gasteiger partial charge in [-0.1, -0.05) is 55.8 Å². The number of esters is 1. The van der Waals surface area contributed by atoms with Gasteiger partial charge in [-0.25, -0.2) is 9.59 Å². The van der Waals surface area contributed by atoms with E-state index in [4.69, 9.17) is 9.47 Å². The molecule has 0 aliphatic carbocycles. The smallest absolute Gasteiger partial charge is 0.408 e. The number of amides is 3. The largest absolute Gasteiger partial charge is 0.508 e. The molecule has 0 spiro atoms. The van der Waals surface area contributed by atoms with Crippen LogP contribution in [-0.4, -0.2) is 69.5 Å². The minimum Gasteiger partial charge on any atom is -0.508 e. The van der Waals surface area contributed by atoms with Gasteiger partial charge in [0.25, 0.3) is 0 Å². The second-order valence-corrected chi connectivity index (χ2v) is 12.9. The summed E-state index contributed by atoms with van der Waals surface area (Å²) < 4.78 is 11.0. The molecule has 0 saturated carbocycles. The molecule has 0 aliphatic heterocycles. The molecule has 3 atom stereocenters. The van der Waals surface area contributed by atoms with Crippen molar-refractivity contribution in [3.63, 3.8) is 0 Å². The maximum absolute atomic E-state index is 14.2. The quantitative estimate of drug-likeness (QED) is 0.182. The lowest BCUT2D eigenvalue weighted by molar-refractivity contribution is -0.159. The Bertz CT molecular complexity index is 1240. The molecule has 2 aromatic carbocycles. The van der Waals surface area contributed by atoms with E-state index in [2.05, 4.69) is 23.3 Å². The summed E-state index contributed by atoms with van der Waals surface area (Å²) in [5.41, 5.74) is -0.383. The number of phenolic OH excluding ortho intramolecular Hbond substituents is 1. The Hall–Kier alpha value is -3.73. The van der Waals surface area contributed by atoms with Crippen molar-refractivity contribution in [1.82, 2.24) is 15.5 Å². The van der Waals surface area contributed by atoms with Crippen molar-refractivity contribution in [2.75, 3.05) is 12.3 Å². The fraction of sp³-hybridized carbons (Fsp3) is 0.515. The number of benzene rings is 2. The summed E-state index contributed by atoms with van der Waals surface area (Å²) >= 11 is 4.31. The highest BCUT2D eigenvalue weighted by molar-refractivity contribution is 7.80. The maximum Gasteiger partial charge on any atom is 0.408 e. The highest BCUT2D eigenvalue weighted by Gasteiger charge is 2.38. The van der Waals surface area contributed by atoms with Crippen LogP contribution in [0.2, 0.25) is 0 Å². The molecule has 0 radical (unpaired) electrons. The molecule has 242 valence electrons. The fourth-order valence-electron chi connectivity index (χ4n) is 4.33. The minimum absolute atomic E-state index is 0.0186. The van der Waals surface area contributed by atoms with Crippen molar-refractivity contribution in [3.05, 3.63) is 65.7 Å². The number of nitrogens with one attached hydrogen (secondary N) is 2. The lowest BCUT2D eigenvalue weighted by Gasteiger charge is -2.35.